The summed E-state index contributed by atoms with van der Waals surface area (Å²) in [6, 6.07) is 19.9. The number of likely N-dealkylation sites (N-methyl/N-ethyl adjacent to an activating group) is 2. The first kappa shape index (κ1) is 18.0. The molecular weight excluding hydrogens is 332 g/mol. The van der Waals surface area contributed by atoms with Crippen molar-refractivity contribution in [1.82, 2.24) is 19.6 Å². The molecule has 0 fully saturated rings. The molecule has 4 nitrogen and oxygen atoms in total. The predicted molar refractivity (Wildman–Crippen MR) is 110 cm³/mol. The smallest absolute Gasteiger partial charge is 0.0968 e. The quantitative estimate of drug-likeness (QED) is 0.695. The number of benzene rings is 2. The zero-order valence-electron chi connectivity index (χ0n) is 16.5. The van der Waals surface area contributed by atoms with Gasteiger partial charge in [0, 0.05) is 50.0 Å². The minimum atomic E-state index is 0.543. The molecule has 2 heterocycles. The number of aromatic nitrogens is 2. The van der Waals surface area contributed by atoms with Gasteiger partial charge in [-0.3, -0.25) is 9.58 Å². The summed E-state index contributed by atoms with van der Waals surface area (Å²) >= 11 is 0. The fourth-order valence-electron chi connectivity index (χ4n) is 4.13. The third-order valence-corrected chi connectivity index (χ3v) is 5.53. The lowest BCUT2D eigenvalue weighted by Crippen LogP contribution is -2.44. The summed E-state index contributed by atoms with van der Waals surface area (Å²) in [6.07, 6.45) is 3.27. The van der Waals surface area contributed by atoms with Crippen LogP contribution < -0.4 is 0 Å². The van der Waals surface area contributed by atoms with Gasteiger partial charge in [-0.1, -0.05) is 54.6 Å². The first-order valence-corrected chi connectivity index (χ1v) is 9.63. The van der Waals surface area contributed by atoms with E-state index in [1.165, 1.54) is 22.3 Å². The summed E-state index contributed by atoms with van der Waals surface area (Å²) in [6.45, 7) is 2.99. The first-order valence-electron chi connectivity index (χ1n) is 9.63. The average Bonchev–Trinajstić information content (AvgIpc) is 3.03. The van der Waals surface area contributed by atoms with E-state index >= 15 is 0 Å². The monoisotopic (exact) mass is 360 g/mol. The van der Waals surface area contributed by atoms with Crippen molar-refractivity contribution in [3.8, 4) is 11.3 Å². The zero-order valence-corrected chi connectivity index (χ0v) is 16.5. The van der Waals surface area contributed by atoms with Crippen molar-refractivity contribution in [2.75, 3.05) is 20.6 Å². The molecular formula is C23H28N4. The van der Waals surface area contributed by atoms with Crippen LogP contribution in [-0.2, 0) is 26.6 Å². The Kier molecular flexibility index (Phi) is 5.10. The third-order valence-electron chi connectivity index (χ3n) is 5.53. The van der Waals surface area contributed by atoms with Crippen LogP contribution in [0.25, 0.3) is 11.3 Å². The molecule has 1 atom stereocenters. The number of fused-ring (bicyclic) bond motifs is 1. The van der Waals surface area contributed by atoms with Crippen LogP contribution in [0.5, 0.6) is 0 Å². The van der Waals surface area contributed by atoms with Gasteiger partial charge in [0.15, 0.2) is 0 Å². The van der Waals surface area contributed by atoms with Gasteiger partial charge >= 0.3 is 0 Å². The van der Waals surface area contributed by atoms with Crippen molar-refractivity contribution in [3.63, 3.8) is 0 Å². The molecule has 0 saturated heterocycles. The Bertz CT molecular complexity index is 900. The zero-order chi connectivity index (χ0) is 18.8. The maximum atomic E-state index is 4.71. The molecule has 4 heteroatoms. The van der Waals surface area contributed by atoms with E-state index in [0.29, 0.717) is 6.04 Å². The standard InChI is InChI=1S/C23H28N4/c1-25(17-22-13-19-11-7-8-12-20(19)15-26(22)2)14-21-16-27(3)24-23(21)18-9-5-4-6-10-18/h4-12,16,22H,13-15,17H2,1-3H3. The number of rotatable bonds is 5. The summed E-state index contributed by atoms with van der Waals surface area (Å²) in [5, 5.41) is 4.71. The lowest BCUT2D eigenvalue weighted by atomic mass is 9.94. The summed E-state index contributed by atoms with van der Waals surface area (Å²) in [4.78, 5) is 4.92. The van der Waals surface area contributed by atoms with Crippen LogP contribution in [0.4, 0.5) is 0 Å². The number of hydrogen-bond acceptors (Lipinski definition) is 3. The molecule has 0 radical (unpaired) electrons. The van der Waals surface area contributed by atoms with E-state index in [9.17, 15) is 0 Å². The van der Waals surface area contributed by atoms with E-state index in [0.717, 1.165) is 31.7 Å². The normalized spacial score (nSPS) is 17.3. The van der Waals surface area contributed by atoms with Gasteiger partial charge in [-0.15, -0.1) is 0 Å². The Morgan fingerprint density at radius 2 is 1.70 bits per heavy atom. The van der Waals surface area contributed by atoms with Crippen molar-refractivity contribution in [2.45, 2.75) is 25.6 Å². The van der Waals surface area contributed by atoms with Gasteiger partial charge in [-0.25, -0.2) is 0 Å². The molecule has 140 valence electrons. The molecule has 4 rings (SSSR count). The summed E-state index contributed by atoms with van der Waals surface area (Å²) in [5.74, 6) is 0. The Labute approximate surface area is 162 Å². The van der Waals surface area contributed by atoms with Crippen molar-refractivity contribution >= 4 is 0 Å². The van der Waals surface area contributed by atoms with Gasteiger partial charge in [0.1, 0.15) is 0 Å². The minimum absolute atomic E-state index is 0.543. The number of aryl methyl sites for hydroxylation is 1. The molecule has 3 aromatic rings. The number of hydrogen-bond donors (Lipinski definition) is 0. The van der Waals surface area contributed by atoms with Crippen LogP contribution in [0.1, 0.15) is 16.7 Å². The van der Waals surface area contributed by atoms with Crippen LogP contribution >= 0.6 is 0 Å². The largest absolute Gasteiger partial charge is 0.300 e. The molecule has 0 amide bonds. The molecule has 0 aliphatic carbocycles. The van der Waals surface area contributed by atoms with E-state index in [-0.39, 0.29) is 0 Å². The SMILES string of the molecule is CN(Cc1cn(C)nc1-c1ccccc1)CC1Cc2ccccc2CN1C. The lowest BCUT2D eigenvalue weighted by molar-refractivity contribution is 0.158. The van der Waals surface area contributed by atoms with Crippen molar-refractivity contribution in [1.29, 1.82) is 0 Å². The molecule has 1 aromatic heterocycles. The molecule has 1 aliphatic rings. The van der Waals surface area contributed by atoms with Gasteiger partial charge in [0.2, 0.25) is 0 Å². The Morgan fingerprint density at radius 1 is 1.00 bits per heavy atom. The summed E-state index contributed by atoms with van der Waals surface area (Å²) in [5.41, 5.74) is 6.53. The van der Waals surface area contributed by atoms with Gasteiger partial charge in [0.25, 0.3) is 0 Å². The highest BCUT2D eigenvalue weighted by atomic mass is 15.3. The van der Waals surface area contributed by atoms with E-state index in [1.54, 1.807) is 0 Å². The van der Waals surface area contributed by atoms with Gasteiger partial charge < -0.3 is 4.90 Å². The van der Waals surface area contributed by atoms with Crippen LogP contribution in [0.3, 0.4) is 0 Å². The van der Waals surface area contributed by atoms with Crippen LogP contribution in [0.15, 0.2) is 60.8 Å². The molecule has 0 bridgehead atoms. The molecule has 1 unspecified atom stereocenters. The molecule has 0 saturated carbocycles. The molecule has 1 aliphatic heterocycles. The molecule has 0 spiro atoms. The van der Waals surface area contributed by atoms with Crippen LogP contribution in [0.2, 0.25) is 0 Å². The van der Waals surface area contributed by atoms with Crippen LogP contribution in [-0.4, -0.2) is 46.3 Å². The molecule has 27 heavy (non-hydrogen) atoms. The topological polar surface area (TPSA) is 24.3 Å². The fraction of sp³-hybridized carbons (Fsp3) is 0.348. The molecule has 2 aromatic carbocycles. The van der Waals surface area contributed by atoms with E-state index in [2.05, 4.69) is 84.7 Å². The van der Waals surface area contributed by atoms with E-state index in [4.69, 9.17) is 5.10 Å². The van der Waals surface area contributed by atoms with Crippen molar-refractivity contribution in [3.05, 3.63) is 77.5 Å². The maximum Gasteiger partial charge on any atom is 0.0968 e. The van der Waals surface area contributed by atoms with Crippen LogP contribution in [0, 0.1) is 0 Å². The Balaban J connectivity index is 1.47. The second-order valence-corrected chi connectivity index (χ2v) is 7.78. The van der Waals surface area contributed by atoms with Crippen molar-refractivity contribution < 1.29 is 0 Å². The maximum absolute atomic E-state index is 4.71. The number of nitrogens with zero attached hydrogens (tertiary/aromatic N) is 4. The lowest BCUT2D eigenvalue weighted by Gasteiger charge is -2.36. The Morgan fingerprint density at radius 3 is 2.48 bits per heavy atom. The molecule has 0 N–H and O–H groups in total. The first-order chi connectivity index (χ1) is 13.1. The highest BCUT2D eigenvalue weighted by Crippen LogP contribution is 2.25. The summed E-state index contributed by atoms with van der Waals surface area (Å²) in [7, 11) is 6.46. The van der Waals surface area contributed by atoms with E-state index < -0.39 is 0 Å². The highest BCUT2D eigenvalue weighted by molar-refractivity contribution is 5.62. The third kappa shape index (κ3) is 3.97. The predicted octanol–water partition coefficient (Wildman–Crippen LogP) is 3.58. The average molecular weight is 361 g/mol. The van der Waals surface area contributed by atoms with Crippen molar-refractivity contribution in [2.24, 2.45) is 7.05 Å². The minimum Gasteiger partial charge on any atom is -0.300 e. The fourth-order valence-corrected chi connectivity index (χ4v) is 4.13. The Hall–Kier alpha value is -2.43. The van der Waals surface area contributed by atoms with Gasteiger partial charge in [-0.05, 0) is 31.6 Å². The van der Waals surface area contributed by atoms with E-state index in [1.807, 2.05) is 11.7 Å². The second-order valence-electron chi connectivity index (χ2n) is 7.78. The van der Waals surface area contributed by atoms with Gasteiger partial charge in [-0.2, -0.15) is 5.10 Å². The second kappa shape index (κ2) is 7.67. The summed E-state index contributed by atoms with van der Waals surface area (Å²) < 4.78 is 1.93. The highest BCUT2D eigenvalue weighted by Gasteiger charge is 2.24. The van der Waals surface area contributed by atoms with Gasteiger partial charge in [0.05, 0.1) is 5.69 Å².